The molecule has 0 radical (unpaired) electrons. The number of carboxylic acid groups (broad SMARTS) is 1. The number of rotatable bonds is 6. The monoisotopic (exact) mass is 663 g/mol. The van der Waals surface area contributed by atoms with Crippen LogP contribution in [0.4, 0.5) is 11.4 Å². The number of benzene rings is 5. The van der Waals surface area contributed by atoms with Gasteiger partial charge < -0.3 is 10.0 Å². The molecule has 1 aliphatic carbocycles. The minimum absolute atomic E-state index is 0.0123. The first kappa shape index (κ1) is 31.0. The van der Waals surface area contributed by atoms with Crippen molar-refractivity contribution < 1.29 is 18.9 Å². The van der Waals surface area contributed by atoms with Crippen LogP contribution in [0.15, 0.2) is 131 Å². The molecule has 0 aromatic heterocycles. The van der Waals surface area contributed by atoms with Gasteiger partial charge in [-0.05, 0) is 122 Å². The standard InChI is InChI=1S/C43H37NO4S/c1-49(2,48)40-23-19-32(43(46)47)27-37(40)42(45)41(49)26-29-18-22-39-36(25-29)34-14-9-15-38(34)44(39)33-20-16-28(17-21-33)24-35(30-10-5-3-6-11-30)31-12-7-4-8-13-31/h3-8,10-13,16-27,34,38H,9,14-15H2,1-2H3,(H,46,47)/b41-26+. The maximum atomic E-state index is 14.5. The van der Waals surface area contributed by atoms with Gasteiger partial charge in [-0.15, -0.1) is 0 Å². The van der Waals surface area contributed by atoms with Crippen LogP contribution in [-0.2, 0) is 9.07 Å². The van der Waals surface area contributed by atoms with Gasteiger partial charge in [-0.25, -0.2) is 4.79 Å². The van der Waals surface area contributed by atoms with Crippen LogP contribution in [0.1, 0.15) is 73.7 Å². The summed E-state index contributed by atoms with van der Waals surface area (Å²) in [7, 11) is -3.71. The Morgan fingerprint density at radius 3 is 2.08 bits per heavy atom. The molecule has 1 saturated carbocycles. The zero-order valence-electron chi connectivity index (χ0n) is 27.5. The van der Waals surface area contributed by atoms with E-state index in [0.29, 0.717) is 16.9 Å². The van der Waals surface area contributed by atoms with Crippen molar-refractivity contribution in [2.45, 2.75) is 36.1 Å². The van der Waals surface area contributed by atoms with Gasteiger partial charge in [-0.1, -0.05) is 85.3 Å². The molecule has 5 aromatic rings. The third-order valence-electron chi connectivity index (χ3n) is 10.4. The van der Waals surface area contributed by atoms with Crippen molar-refractivity contribution in [2.75, 3.05) is 17.4 Å². The average Bonchev–Trinajstić information content (AvgIpc) is 3.75. The van der Waals surface area contributed by atoms with Crippen molar-refractivity contribution >= 4 is 49.9 Å². The molecule has 2 unspecified atom stereocenters. The van der Waals surface area contributed by atoms with Crippen molar-refractivity contribution in [3.8, 4) is 0 Å². The lowest BCUT2D eigenvalue weighted by Gasteiger charge is -2.30. The number of anilines is 2. The van der Waals surface area contributed by atoms with E-state index in [-0.39, 0.29) is 21.8 Å². The lowest BCUT2D eigenvalue weighted by atomic mass is 9.95. The highest BCUT2D eigenvalue weighted by Gasteiger charge is 2.47. The number of carboxylic acids is 1. The van der Waals surface area contributed by atoms with Crippen molar-refractivity contribution in [3.05, 3.63) is 165 Å². The van der Waals surface area contributed by atoms with Crippen LogP contribution >= 0.6 is 0 Å². The van der Waals surface area contributed by atoms with Crippen LogP contribution in [-0.4, -0.2) is 39.6 Å². The Bertz CT molecular complexity index is 2240. The van der Waals surface area contributed by atoms with Crippen LogP contribution in [0.5, 0.6) is 0 Å². The maximum Gasteiger partial charge on any atom is 0.335 e. The van der Waals surface area contributed by atoms with Gasteiger partial charge in [0.25, 0.3) is 0 Å². The predicted molar refractivity (Wildman–Crippen MR) is 199 cm³/mol. The summed E-state index contributed by atoms with van der Waals surface area (Å²) in [6.07, 6.45) is 10.6. The Balaban J connectivity index is 1.14. The smallest absolute Gasteiger partial charge is 0.335 e. The van der Waals surface area contributed by atoms with E-state index in [9.17, 15) is 18.9 Å². The van der Waals surface area contributed by atoms with Crippen LogP contribution < -0.4 is 4.90 Å². The van der Waals surface area contributed by atoms with Gasteiger partial charge in [0, 0.05) is 33.8 Å². The molecule has 244 valence electrons. The first-order valence-corrected chi connectivity index (χ1v) is 19.5. The topological polar surface area (TPSA) is 74.7 Å². The number of allylic oxidation sites excluding steroid dienone is 1. The molecule has 8 rings (SSSR count). The lowest BCUT2D eigenvalue weighted by molar-refractivity contribution is 0.0696. The fourth-order valence-corrected chi connectivity index (χ4v) is 10.7. The van der Waals surface area contributed by atoms with E-state index in [1.807, 2.05) is 18.2 Å². The van der Waals surface area contributed by atoms with Crippen molar-refractivity contribution in [1.82, 2.24) is 0 Å². The molecule has 6 heteroatoms. The van der Waals surface area contributed by atoms with Crippen molar-refractivity contribution in [1.29, 1.82) is 0 Å². The molecular weight excluding hydrogens is 627 g/mol. The van der Waals surface area contributed by atoms with Gasteiger partial charge in [0.2, 0.25) is 5.78 Å². The fourth-order valence-electron chi connectivity index (χ4n) is 8.03. The average molecular weight is 664 g/mol. The molecule has 3 aliphatic rings. The molecule has 1 fully saturated rings. The van der Waals surface area contributed by atoms with Crippen molar-refractivity contribution in [2.24, 2.45) is 0 Å². The number of hydrogen-bond acceptors (Lipinski definition) is 4. The van der Waals surface area contributed by atoms with Gasteiger partial charge in [0.05, 0.1) is 10.5 Å². The van der Waals surface area contributed by atoms with Gasteiger partial charge in [0.1, 0.15) is 0 Å². The Labute approximate surface area is 286 Å². The Morgan fingerprint density at radius 1 is 0.776 bits per heavy atom. The molecule has 2 heterocycles. The second-order valence-corrected chi connectivity index (χ2v) is 18.4. The molecule has 0 spiro atoms. The number of hydrogen-bond donors (Lipinski definition) is 1. The summed E-state index contributed by atoms with van der Waals surface area (Å²) in [4.78, 5) is 28.4. The molecule has 49 heavy (non-hydrogen) atoms. The molecule has 5 nitrogen and oxygen atoms in total. The van der Waals surface area contributed by atoms with Crippen LogP contribution in [0.2, 0.25) is 0 Å². The van der Waals surface area contributed by atoms with Gasteiger partial charge in [-0.3, -0.25) is 9.00 Å². The molecule has 0 bridgehead atoms. The fraction of sp³-hybridized carbons (Fsp3) is 0.163. The normalized spacial score (nSPS) is 21.3. The quantitative estimate of drug-likeness (QED) is 0.145. The number of nitrogens with zero attached hydrogens (tertiary/aromatic N) is 1. The van der Waals surface area contributed by atoms with E-state index < -0.39 is 15.0 Å². The summed E-state index contributed by atoms with van der Waals surface area (Å²) in [6.45, 7) is 0. The Morgan fingerprint density at radius 2 is 1.43 bits per heavy atom. The van der Waals surface area contributed by atoms with Gasteiger partial charge in [-0.2, -0.15) is 0 Å². The molecule has 2 aliphatic heterocycles. The minimum atomic E-state index is -3.71. The predicted octanol–water partition coefficient (Wildman–Crippen LogP) is 9.44. The van der Waals surface area contributed by atoms with Crippen molar-refractivity contribution in [3.63, 3.8) is 0 Å². The third-order valence-corrected chi connectivity index (χ3v) is 13.7. The molecular formula is C43H37NO4S. The number of aromatic carboxylic acids is 1. The summed E-state index contributed by atoms with van der Waals surface area (Å²) in [5, 5.41) is 9.50. The summed E-state index contributed by atoms with van der Waals surface area (Å²) in [6, 6.07) is 40.8. The highest BCUT2D eigenvalue weighted by molar-refractivity contribution is 8.23. The second-order valence-electron chi connectivity index (χ2n) is 13.9. The van der Waals surface area contributed by atoms with Crippen LogP contribution in [0.25, 0.3) is 17.7 Å². The highest BCUT2D eigenvalue weighted by atomic mass is 32.3. The number of fused-ring (bicyclic) bond motifs is 4. The van der Waals surface area contributed by atoms with Crippen LogP contribution in [0.3, 0.4) is 0 Å². The first-order valence-electron chi connectivity index (χ1n) is 16.7. The van der Waals surface area contributed by atoms with Gasteiger partial charge >= 0.3 is 5.97 Å². The number of Topliss-reactive ketones (excluding diaryl/α,β-unsaturated/α-hetero) is 1. The first-order chi connectivity index (χ1) is 23.6. The van der Waals surface area contributed by atoms with E-state index in [1.54, 1.807) is 24.7 Å². The molecule has 1 N–H and O–H groups in total. The SMILES string of the molecule is CS1(C)(=O)/C(=C/c2ccc3c(c2)C2CCCC2N3c2ccc(C=C(c3ccccc3)c3ccccc3)cc2)C(=O)c2cc(C(=O)O)ccc21. The van der Waals surface area contributed by atoms with E-state index in [4.69, 9.17) is 0 Å². The van der Waals surface area contributed by atoms with E-state index in [1.165, 1.54) is 40.1 Å². The number of carbonyl (C=O) groups is 2. The summed E-state index contributed by atoms with van der Waals surface area (Å²) in [5.41, 5.74) is 9.29. The summed E-state index contributed by atoms with van der Waals surface area (Å²) >= 11 is 0. The lowest BCUT2D eigenvalue weighted by Crippen LogP contribution is -2.29. The third kappa shape index (κ3) is 5.19. The minimum Gasteiger partial charge on any atom is -0.478 e. The van der Waals surface area contributed by atoms with Crippen LogP contribution in [0, 0.1) is 0 Å². The maximum absolute atomic E-state index is 14.5. The zero-order valence-corrected chi connectivity index (χ0v) is 28.3. The second kappa shape index (κ2) is 11.4. The van der Waals surface area contributed by atoms with E-state index >= 15 is 0 Å². The largest absolute Gasteiger partial charge is 0.478 e. The molecule has 5 aromatic carbocycles. The summed E-state index contributed by atoms with van der Waals surface area (Å²) in [5.74, 6) is -1.11. The molecule has 0 amide bonds. The van der Waals surface area contributed by atoms with Gasteiger partial charge in [0.15, 0.2) is 0 Å². The number of carbonyl (C=O) groups excluding carboxylic acids is 1. The molecule has 2 atom stereocenters. The zero-order chi connectivity index (χ0) is 33.9. The Hall–Kier alpha value is -5.33. The van der Waals surface area contributed by atoms with E-state index in [2.05, 4.69) is 95.9 Å². The van der Waals surface area contributed by atoms with E-state index in [0.717, 1.165) is 36.1 Å². The Kier molecular flexibility index (Phi) is 7.20. The number of ketones is 1. The summed E-state index contributed by atoms with van der Waals surface area (Å²) < 4.78 is 14.5. The highest BCUT2D eigenvalue weighted by Crippen LogP contribution is 2.53. The molecule has 0 saturated heterocycles.